The van der Waals surface area contributed by atoms with E-state index in [-0.39, 0.29) is 12.0 Å². The lowest BCUT2D eigenvalue weighted by Gasteiger charge is -2.13. The van der Waals surface area contributed by atoms with Crippen LogP contribution in [-0.4, -0.2) is 39.2 Å². The van der Waals surface area contributed by atoms with E-state index in [1.54, 1.807) is 24.3 Å². The number of aromatic nitrogens is 4. The van der Waals surface area contributed by atoms with Crippen LogP contribution in [0.2, 0.25) is 0 Å². The Kier molecular flexibility index (Phi) is 4.45. The number of carbonyl (C=O) groups excluding carboxylic acids is 1. The number of H-pyrrole nitrogens is 1. The van der Waals surface area contributed by atoms with E-state index in [2.05, 4.69) is 25.9 Å². The van der Waals surface area contributed by atoms with Crippen molar-refractivity contribution >= 4 is 11.6 Å². The van der Waals surface area contributed by atoms with E-state index in [1.807, 2.05) is 26.0 Å². The Bertz CT molecular complexity index is 954. The molecule has 0 fully saturated rings. The van der Waals surface area contributed by atoms with Crippen LogP contribution in [0.3, 0.4) is 0 Å². The van der Waals surface area contributed by atoms with Gasteiger partial charge in [0.2, 0.25) is 5.82 Å². The Morgan fingerprint density at radius 3 is 2.85 bits per heavy atom. The average Bonchev–Trinajstić information content (AvgIpc) is 3.31. The highest BCUT2D eigenvalue weighted by Gasteiger charge is 2.22. The van der Waals surface area contributed by atoms with Gasteiger partial charge in [0, 0.05) is 29.2 Å². The van der Waals surface area contributed by atoms with Gasteiger partial charge in [-0.1, -0.05) is 12.1 Å². The van der Waals surface area contributed by atoms with Gasteiger partial charge in [-0.15, -0.1) is 10.2 Å². The van der Waals surface area contributed by atoms with Gasteiger partial charge in [-0.2, -0.15) is 5.21 Å². The summed E-state index contributed by atoms with van der Waals surface area (Å²) in [4.78, 5) is 12.7. The SMILES string of the molecule is CCOc1cc2c(cc1NC(=O)c1ccc(-c3nn[nH]n3)cc1)O[C@@H](C)C2. The molecule has 2 heterocycles. The molecule has 1 amide bonds. The molecule has 1 atom stereocenters. The highest BCUT2D eigenvalue weighted by molar-refractivity contribution is 6.05. The molecule has 2 aromatic carbocycles. The first-order chi connectivity index (χ1) is 13.1. The molecule has 1 aliphatic rings. The molecule has 4 rings (SSSR count). The van der Waals surface area contributed by atoms with Crippen LogP contribution < -0.4 is 14.8 Å². The third kappa shape index (κ3) is 3.46. The van der Waals surface area contributed by atoms with Crippen molar-refractivity contribution in [2.45, 2.75) is 26.4 Å². The molecule has 0 bridgehead atoms. The number of fused-ring (bicyclic) bond motifs is 1. The highest BCUT2D eigenvalue weighted by Crippen LogP contribution is 2.38. The Morgan fingerprint density at radius 1 is 1.33 bits per heavy atom. The highest BCUT2D eigenvalue weighted by atomic mass is 16.5. The zero-order chi connectivity index (χ0) is 18.8. The molecule has 0 radical (unpaired) electrons. The fourth-order valence-corrected chi connectivity index (χ4v) is 3.06. The summed E-state index contributed by atoms with van der Waals surface area (Å²) in [6.07, 6.45) is 0.958. The lowest BCUT2D eigenvalue weighted by Crippen LogP contribution is -2.13. The van der Waals surface area contributed by atoms with E-state index in [0.29, 0.717) is 29.4 Å². The number of benzene rings is 2. The van der Waals surface area contributed by atoms with Crippen molar-refractivity contribution in [1.82, 2.24) is 20.6 Å². The number of hydrogen-bond donors (Lipinski definition) is 2. The summed E-state index contributed by atoms with van der Waals surface area (Å²) < 4.78 is 11.5. The van der Waals surface area contributed by atoms with Crippen molar-refractivity contribution in [2.75, 3.05) is 11.9 Å². The predicted octanol–water partition coefficient (Wildman–Crippen LogP) is 2.84. The predicted molar refractivity (Wildman–Crippen MR) is 99.0 cm³/mol. The molecule has 0 aliphatic carbocycles. The minimum absolute atomic E-state index is 0.123. The zero-order valence-corrected chi connectivity index (χ0v) is 15.0. The second-order valence-corrected chi connectivity index (χ2v) is 6.29. The topological polar surface area (TPSA) is 102 Å². The minimum Gasteiger partial charge on any atom is -0.492 e. The van der Waals surface area contributed by atoms with Crippen molar-refractivity contribution in [3.8, 4) is 22.9 Å². The third-order valence-electron chi connectivity index (χ3n) is 4.30. The summed E-state index contributed by atoms with van der Waals surface area (Å²) in [5.41, 5.74) is 2.97. The maximum atomic E-state index is 12.7. The first-order valence-electron chi connectivity index (χ1n) is 8.75. The van der Waals surface area contributed by atoms with Crippen LogP contribution in [0.15, 0.2) is 36.4 Å². The Balaban J connectivity index is 1.56. The molecule has 8 heteroatoms. The second-order valence-electron chi connectivity index (χ2n) is 6.29. The molecule has 1 aromatic heterocycles. The van der Waals surface area contributed by atoms with Crippen LogP contribution in [0.5, 0.6) is 11.5 Å². The van der Waals surface area contributed by atoms with Crippen LogP contribution >= 0.6 is 0 Å². The van der Waals surface area contributed by atoms with Crippen molar-refractivity contribution in [1.29, 1.82) is 0 Å². The van der Waals surface area contributed by atoms with E-state index in [9.17, 15) is 4.79 Å². The Morgan fingerprint density at radius 2 is 2.15 bits per heavy atom. The maximum absolute atomic E-state index is 12.7. The van der Waals surface area contributed by atoms with Crippen LogP contribution in [0.25, 0.3) is 11.4 Å². The molecule has 0 saturated carbocycles. The smallest absolute Gasteiger partial charge is 0.255 e. The molecule has 27 heavy (non-hydrogen) atoms. The number of amides is 1. The first-order valence-corrected chi connectivity index (χ1v) is 8.75. The first kappa shape index (κ1) is 17.0. The van der Waals surface area contributed by atoms with Gasteiger partial charge in [0.1, 0.15) is 17.6 Å². The quantitative estimate of drug-likeness (QED) is 0.721. The second kappa shape index (κ2) is 7.06. The fourth-order valence-electron chi connectivity index (χ4n) is 3.06. The number of anilines is 1. The van der Waals surface area contributed by atoms with Gasteiger partial charge in [-0.05, 0) is 37.3 Å². The average molecular weight is 365 g/mol. The minimum atomic E-state index is -0.235. The number of nitrogens with zero attached hydrogens (tertiary/aromatic N) is 3. The normalized spacial score (nSPS) is 15.1. The lowest BCUT2D eigenvalue weighted by molar-refractivity contribution is 0.102. The van der Waals surface area contributed by atoms with Gasteiger partial charge in [0.15, 0.2) is 0 Å². The number of hydrogen-bond acceptors (Lipinski definition) is 6. The molecule has 8 nitrogen and oxygen atoms in total. The number of tetrazole rings is 1. The summed E-state index contributed by atoms with van der Waals surface area (Å²) in [6, 6.07) is 10.8. The summed E-state index contributed by atoms with van der Waals surface area (Å²) in [5, 5.41) is 16.7. The number of aromatic amines is 1. The number of ether oxygens (including phenoxy) is 2. The van der Waals surface area contributed by atoms with E-state index in [0.717, 1.165) is 23.3 Å². The lowest BCUT2D eigenvalue weighted by atomic mass is 10.1. The molecule has 0 spiro atoms. The van der Waals surface area contributed by atoms with Gasteiger partial charge in [0.25, 0.3) is 5.91 Å². The van der Waals surface area contributed by atoms with E-state index in [4.69, 9.17) is 9.47 Å². The molecular weight excluding hydrogens is 346 g/mol. The van der Waals surface area contributed by atoms with Crippen LogP contribution in [0.4, 0.5) is 5.69 Å². The maximum Gasteiger partial charge on any atom is 0.255 e. The Labute approximate surface area is 155 Å². The molecule has 0 saturated heterocycles. The van der Waals surface area contributed by atoms with Gasteiger partial charge >= 0.3 is 0 Å². The zero-order valence-electron chi connectivity index (χ0n) is 15.0. The van der Waals surface area contributed by atoms with Crippen molar-refractivity contribution in [3.05, 3.63) is 47.5 Å². The molecule has 1 aliphatic heterocycles. The van der Waals surface area contributed by atoms with E-state index >= 15 is 0 Å². The molecule has 2 N–H and O–H groups in total. The van der Waals surface area contributed by atoms with E-state index < -0.39 is 0 Å². The standard InChI is InChI=1S/C19H19N5O3/c1-3-26-17-9-14-8-11(2)27-16(14)10-15(17)20-19(25)13-6-4-12(5-7-13)18-21-23-24-22-18/h4-7,9-11H,3,8H2,1-2H3,(H,20,25)(H,21,22,23,24)/t11-/m0/s1. The van der Waals surface area contributed by atoms with Crippen molar-refractivity contribution in [3.63, 3.8) is 0 Å². The van der Waals surface area contributed by atoms with Gasteiger partial charge < -0.3 is 14.8 Å². The molecular formula is C19H19N5O3. The summed E-state index contributed by atoms with van der Waals surface area (Å²) in [7, 11) is 0. The number of rotatable bonds is 5. The van der Waals surface area contributed by atoms with Crippen LogP contribution in [-0.2, 0) is 6.42 Å². The van der Waals surface area contributed by atoms with E-state index in [1.165, 1.54) is 0 Å². The number of carbonyl (C=O) groups is 1. The molecule has 3 aromatic rings. The molecule has 0 unspecified atom stereocenters. The summed E-state index contributed by atoms with van der Waals surface area (Å²) >= 11 is 0. The Hall–Kier alpha value is -3.42. The van der Waals surface area contributed by atoms with Crippen LogP contribution in [0, 0.1) is 0 Å². The largest absolute Gasteiger partial charge is 0.492 e. The third-order valence-corrected chi connectivity index (χ3v) is 4.30. The van der Waals surface area contributed by atoms with Crippen molar-refractivity contribution < 1.29 is 14.3 Å². The summed E-state index contributed by atoms with van der Waals surface area (Å²) in [5.74, 6) is 1.67. The van der Waals surface area contributed by atoms with Gasteiger partial charge in [-0.3, -0.25) is 4.79 Å². The summed E-state index contributed by atoms with van der Waals surface area (Å²) in [6.45, 7) is 4.44. The van der Waals surface area contributed by atoms with Crippen molar-refractivity contribution in [2.24, 2.45) is 0 Å². The van der Waals surface area contributed by atoms with Gasteiger partial charge in [0.05, 0.1) is 12.3 Å². The fraction of sp³-hybridized carbons (Fsp3) is 0.263. The monoisotopic (exact) mass is 365 g/mol. The van der Waals surface area contributed by atoms with Gasteiger partial charge in [-0.25, -0.2) is 0 Å². The van der Waals surface area contributed by atoms with Crippen LogP contribution in [0.1, 0.15) is 29.8 Å². The molecule has 138 valence electrons. The number of nitrogens with one attached hydrogen (secondary N) is 2.